The van der Waals surface area contributed by atoms with E-state index in [-0.39, 0.29) is 6.10 Å². The molecule has 3 N–H and O–H groups in total. The summed E-state index contributed by atoms with van der Waals surface area (Å²) in [4.78, 5) is 10.7. The minimum Gasteiger partial charge on any atom is -0.461 e. The minimum atomic E-state index is -4.70. The van der Waals surface area contributed by atoms with Crippen molar-refractivity contribution in [2.24, 2.45) is 0 Å². The molecule has 0 heterocycles. The molecule has 0 aliphatic rings. The SMILES string of the molecule is CC(S(=O)(=O)O)S(=O)(=O)O.CCC(O)C(=O)OC(C)C. The summed E-state index contributed by atoms with van der Waals surface area (Å²) in [5.41, 5.74) is 0. The van der Waals surface area contributed by atoms with Gasteiger partial charge in [-0.1, -0.05) is 6.92 Å². The largest absolute Gasteiger partial charge is 0.461 e. The van der Waals surface area contributed by atoms with E-state index in [0.29, 0.717) is 13.3 Å². The molecular formula is C9H20O9S2. The molecule has 0 rings (SSSR count). The van der Waals surface area contributed by atoms with Gasteiger partial charge in [-0.15, -0.1) is 0 Å². The highest BCUT2D eigenvalue weighted by molar-refractivity contribution is 8.03. The second-order valence-corrected chi connectivity index (χ2v) is 7.78. The first-order valence-electron chi connectivity index (χ1n) is 5.54. The highest BCUT2D eigenvalue weighted by Gasteiger charge is 2.29. The molecule has 0 saturated carbocycles. The third-order valence-electron chi connectivity index (χ3n) is 1.85. The summed E-state index contributed by atoms with van der Waals surface area (Å²) in [6.45, 7) is 5.89. The van der Waals surface area contributed by atoms with Gasteiger partial charge in [-0.25, -0.2) is 4.79 Å². The molecule has 0 aromatic heterocycles. The van der Waals surface area contributed by atoms with Crippen LogP contribution in [0.15, 0.2) is 0 Å². The van der Waals surface area contributed by atoms with Crippen LogP contribution >= 0.6 is 0 Å². The smallest absolute Gasteiger partial charge is 0.335 e. The monoisotopic (exact) mass is 336 g/mol. The third-order valence-corrected chi connectivity index (χ3v) is 4.99. The standard InChI is InChI=1S/C7H14O3.C2H6O6S2/c1-4-6(8)7(9)10-5(2)3;1-2(9(3,4)5)10(6,7)8/h5-6,8H,4H2,1-3H3;2H,1H3,(H,3,4,5)(H,6,7,8). The van der Waals surface area contributed by atoms with Gasteiger partial charge in [0, 0.05) is 0 Å². The highest BCUT2D eigenvalue weighted by Crippen LogP contribution is 2.03. The summed E-state index contributed by atoms with van der Waals surface area (Å²) in [7, 11) is -9.40. The molecule has 0 saturated heterocycles. The molecule has 1 unspecified atom stereocenters. The van der Waals surface area contributed by atoms with E-state index in [1.807, 2.05) is 0 Å². The topological polar surface area (TPSA) is 155 Å². The number of carbonyl (C=O) groups excluding carboxylic acids is 1. The van der Waals surface area contributed by atoms with Crippen LogP contribution in [0.3, 0.4) is 0 Å². The summed E-state index contributed by atoms with van der Waals surface area (Å²) in [6.07, 6.45) is -0.693. The fourth-order valence-electron chi connectivity index (χ4n) is 0.631. The van der Waals surface area contributed by atoms with E-state index in [1.54, 1.807) is 20.8 Å². The number of aliphatic hydroxyl groups excluding tert-OH is 1. The third kappa shape index (κ3) is 10.1. The maximum Gasteiger partial charge on any atom is 0.335 e. The number of carbonyl (C=O) groups is 1. The predicted molar refractivity (Wildman–Crippen MR) is 70.1 cm³/mol. The van der Waals surface area contributed by atoms with E-state index in [1.165, 1.54) is 0 Å². The van der Waals surface area contributed by atoms with Gasteiger partial charge < -0.3 is 9.84 Å². The van der Waals surface area contributed by atoms with Crippen molar-refractivity contribution in [1.82, 2.24) is 0 Å². The van der Waals surface area contributed by atoms with Crippen LogP contribution in [0.5, 0.6) is 0 Å². The summed E-state index contributed by atoms with van der Waals surface area (Å²) < 4.78 is 58.6. The van der Waals surface area contributed by atoms with Gasteiger partial charge >= 0.3 is 5.97 Å². The van der Waals surface area contributed by atoms with Gasteiger partial charge in [0.25, 0.3) is 20.2 Å². The second kappa shape index (κ2) is 8.52. The summed E-state index contributed by atoms with van der Waals surface area (Å²) in [5.74, 6) is -0.530. The molecule has 0 radical (unpaired) electrons. The number of aliphatic hydroxyl groups is 1. The zero-order chi connectivity index (χ0) is 16.7. The number of ether oxygens (including phenoxy) is 1. The van der Waals surface area contributed by atoms with Crippen LogP contribution in [0.25, 0.3) is 0 Å². The first-order chi connectivity index (χ1) is 8.73. The molecule has 0 amide bonds. The quantitative estimate of drug-likeness (QED) is 0.457. The van der Waals surface area contributed by atoms with Gasteiger partial charge in [0.05, 0.1) is 6.10 Å². The molecule has 0 bridgehead atoms. The van der Waals surface area contributed by atoms with E-state index < -0.39 is 36.9 Å². The number of hydrogen-bond donors (Lipinski definition) is 3. The number of rotatable bonds is 5. The van der Waals surface area contributed by atoms with Crippen molar-refractivity contribution < 1.29 is 40.6 Å². The van der Waals surface area contributed by atoms with Gasteiger partial charge in [-0.2, -0.15) is 16.8 Å². The summed E-state index contributed by atoms with van der Waals surface area (Å²) in [6, 6.07) is 0. The van der Waals surface area contributed by atoms with Gasteiger partial charge in [0.1, 0.15) is 0 Å². The maximum absolute atomic E-state index is 10.7. The first kappa shape index (κ1) is 21.5. The molecular weight excluding hydrogens is 316 g/mol. The van der Waals surface area contributed by atoms with E-state index in [0.717, 1.165) is 0 Å². The molecule has 20 heavy (non-hydrogen) atoms. The average molecular weight is 336 g/mol. The van der Waals surface area contributed by atoms with Crippen molar-refractivity contribution in [3.8, 4) is 0 Å². The Kier molecular flexibility index (Phi) is 9.18. The van der Waals surface area contributed by atoms with Crippen molar-refractivity contribution in [3.63, 3.8) is 0 Å². The van der Waals surface area contributed by atoms with Crippen LogP contribution in [-0.4, -0.2) is 53.8 Å². The fourth-order valence-corrected chi connectivity index (χ4v) is 1.86. The van der Waals surface area contributed by atoms with Crippen LogP contribution in [0, 0.1) is 0 Å². The Hall–Kier alpha value is -0.750. The van der Waals surface area contributed by atoms with Gasteiger partial charge in [-0.3, -0.25) is 9.11 Å². The molecule has 1 atom stereocenters. The minimum absolute atomic E-state index is 0.145. The molecule has 0 spiro atoms. The lowest BCUT2D eigenvalue weighted by Gasteiger charge is -2.10. The van der Waals surface area contributed by atoms with Crippen LogP contribution in [0.4, 0.5) is 0 Å². The Morgan fingerprint density at radius 2 is 1.40 bits per heavy atom. The van der Waals surface area contributed by atoms with Gasteiger partial charge in [-0.05, 0) is 27.2 Å². The van der Waals surface area contributed by atoms with Crippen molar-refractivity contribution in [3.05, 3.63) is 0 Å². The lowest BCUT2D eigenvalue weighted by molar-refractivity contribution is -0.157. The molecule has 0 aliphatic heterocycles. The molecule has 0 aromatic rings. The Morgan fingerprint density at radius 3 is 1.55 bits per heavy atom. The maximum atomic E-state index is 10.7. The Bertz CT molecular complexity index is 460. The average Bonchev–Trinajstić information content (AvgIpc) is 2.24. The Morgan fingerprint density at radius 1 is 1.05 bits per heavy atom. The lowest BCUT2D eigenvalue weighted by Crippen LogP contribution is -2.25. The molecule has 11 heteroatoms. The van der Waals surface area contributed by atoms with Crippen molar-refractivity contribution in [2.45, 2.75) is 50.9 Å². The molecule has 0 aromatic carbocycles. The molecule has 122 valence electrons. The molecule has 9 nitrogen and oxygen atoms in total. The van der Waals surface area contributed by atoms with Crippen LogP contribution in [-0.2, 0) is 29.8 Å². The normalized spacial score (nSPS) is 13.7. The molecule has 0 fully saturated rings. The number of esters is 1. The van der Waals surface area contributed by atoms with E-state index in [4.69, 9.17) is 18.9 Å². The van der Waals surface area contributed by atoms with E-state index >= 15 is 0 Å². The van der Waals surface area contributed by atoms with Crippen LogP contribution in [0.1, 0.15) is 34.1 Å². The Balaban J connectivity index is 0. The Labute approximate surface area is 118 Å². The van der Waals surface area contributed by atoms with Crippen molar-refractivity contribution >= 4 is 26.2 Å². The second-order valence-electron chi connectivity index (χ2n) is 4.01. The summed E-state index contributed by atoms with van der Waals surface area (Å²) in [5, 5.41) is 8.90. The fraction of sp³-hybridized carbons (Fsp3) is 0.889. The predicted octanol–water partition coefficient (Wildman–Crippen LogP) is -0.183. The van der Waals surface area contributed by atoms with Crippen LogP contribution < -0.4 is 0 Å². The highest BCUT2D eigenvalue weighted by atomic mass is 32.3. The van der Waals surface area contributed by atoms with Crippen molar-refractivity contribution in [2.75, 3.05) is 0 Å². The molecule has 0 aliphatic carbocycles. The zero-order valence-corrected chi connectivity index (χ0v) is 13.2. The van der Waals surface area contributed by atoms with E-state index in [9.17, 15) is 21.6 Å². The lowest BCUT2D eigenvalue weighted by atomic mass is 10.3. The van der Waals surface area contributed by atoms with Gasteiger partial charge in [0.2, 0.25) is 4.58 Å². The summed E-state index contributed by atoms with van der Waals surface area (Å²) >= 11 is 0. The van der Waals surface area contributed by atoms with Crippen molar-refractivity contribution in [1.29, 1.82) is 0 Å². The number of hydrogen-bond acceptors (Lipinski definition) is 7. The van der Waals surface area contributed by atoms with Crippen LogP contribution in [0.2, 0.25) is 0 Å². The van der Waals surface area contributed by atoms with Gasteiger partial charge in [0.15, 0.2) is 6.10 Å². The van der Waals surface area contributed by atoms with E-state index in [2.05, 4.69) is 0 Å². The first-order valence-corrected chi connectivity index (χ1v) is 8.55. The zero-order valence-electron chi connectivity index (χ0n) is 11.5.